The van der Waals surface area contributed by atoms with Crippen LogP contribution in [0.15, 0.2) is 21.5 Å². The van der Waals surface area contributed by atoms with Crippen molar-refractivity contribution in [3.63, 3.8) is 0 Å². The fraction of sp³-hybridized carbons (Fsp3) is 0.500. The first kappa shape index (κ1) is 18.1. The van der Waals surface area contributed by atoms with Gasteiger partial charge in [0.2, 0.25) is 10.0 Å². The van der Waals surface area contributed by atoms with Crippen LogP contribution >= 0.6 is 15.9 Å². The van der Waals surface area contributed by atoms with E-state index in [-0.39, 0.29) is 10.5 Å². The predicted octanol–water partition coefficient (Wildman–Crippen LogP) is 3.31. The van der Waals surface area contributed by atoms with E-state index in [0.29, 0.717) is 16.5 Å². The Balaban J connectivity index is 3.35. The Kier molecular flexibility index (Phi) is 5.57. The van der Waals surface area contributed by atoms with Crippen molar-refractivity contribution in [2.75, 3.05) is 0 Å². The molecule has 21 heavy (non-hydrogen) atoms. The standard InChI is InChI=1S/C14H20BrNO4S/c1-5-6-14(3,4)16-21(19,20)12-8-10(13(17)18)7-11(15)9(12)2/h7-8,16H,5-6H2,1-4H3,(H,17,18). The highest BCUT2D eigenvalue weighted by Crippen LogP contribution is 2.27. The summed E-state index contributed by atoms with van der Waals surface area (Å²) in [5, 5.41) is 9.07. The average molecular weight is 378 g/mol. The monoisotopic (exact) mass is 377 g/mol. The van der Waals surface area contributed by atoms with Crippen molar-refractivity contribution in [3.8, 4) is 0 Å². The number of carboxylic acid groups (broad SMARTS) is 1. The lowest BCUT2D eigenvalue weighted by molar-refractivity contribution is 0.0696. The zero-order valence-electron chi connectivity index (χ0n) is 12.5. The van der Waals surface area contributed by atoms with Crippen LogP contribution in [0.2, 0.25) is 0 Å². The van der Waals surface area contributed by atoms with E-state index in [0.717, 1.165) is 6.42 Å². The third kappa shape index (κ3) is 4.52. The molecular formula is C14H20BrNO4S. The summed E-state index contributed by atoms with van der Waals surface area (Å²) in [5.74, 6) is -1.17. The van der Waals surface area contributed by atoms with Crippen LogP contribution in [0.3, 0.4) is 0 Å². The Hall–Kier alpha value is -0.920. The number of rotatable bonds is 6. The second kappa shape index (κ2) is 6.46. The summed E-state index contributed by atoms with van der Waals surface area (Å²) < 4.78 is 28.2. The molecule has 0 aliphatic rings. The molecule has 0 aliphatic heterocycles. The van der Waals surface area contributed by atoms with E-state index in [1.54, 1.807) is 20.8 Å². The van der Waals surface area contributed by atoms with Crippen LogP contribution in [0.4, 0.5) is 0 Å². The lowest BCUT2D eigenvalue weighted by Gasteiger charge is -2.26. The molecule has 0 saturated carbocycles. The van der Waals surface area contributed by atoms with Gasteiger partial charge in [-0.3, -0.25) is 0 Å². The highest BCUT2D eigenvalue weighted by Gasteiger charge is 2.28. The summed E-state index contributed by atoms with van der Waals surface area (Å²) in [7, 11) is -3.79. The number of hydrogen-bond donors (Lipinski definition) is 2. The number of benzene rings is 1. The van der Waals surface area contributed by atoms with Crippen molar-refractivity contribution in [3.05, 3.63) is 27.7 Å². The molecule has 0 atom stereocenters. The van der Waals surface area contributed by atoms with Crippen molar-refractivity contribution in [1.29, 1.82) is 0 Å². The SMILES string of the molecule is CCCC(C)(C)NS(=O)(=O)c1cc(C(=O)O)cc(Br)c1C. The van der Waals surface area contributed by atoms with E-state index in [2.05, 4.69) is 20.7 Å². The largest absolute Gasteiger partial charge is 0.478 e. The summed E-state index contributed by atoms with van der Waals surface area (Å²) in [6.07, 6.45) is 1.53. The molecule has 0 unspecified atom stereocenters. The van der Waals surface area contributed by atoms with Crippen molar-refractivity contribution >= 4 is 31.9 Å². The normalized spacial score (nSPS) is 12.4. The maximum atomic E-state index is 12.5. The van der Waals surface area contributed by atoms with Crippen LogP contribution in [-0.4, -0.2) is 25.0 Å². The first-order chi connectivity index (χ1) is 9.50. The fourth-order valence-electron chi connectivity index (χ4n) is 2.15. The quantitative estimate of drug-likeness (QED) is 0.796. The molecule has 0 radical (unpaired) electrons. The number of nitrogens with one attached hydrogen (secondary N) is 1. The molecule has 0 bridgehead atoms. The van der Waals surface area contributed by atoms with E-state index in [9.17, 15) is 13.2 Å². The molecule has 0 aromatic heterocycles. The minimum absolute atomic E-state index is 0.0153. The van der Waals surface area contributed by atoms with Crippen LogP contribution in [0.1, 0.15) is 49.5 Å². The van der Waals surface area contributed by atoms with Gasteiger partial charge in [0, 0.05) is 10.0 Å². The molecule has 1 aromatic carbocycles. The Morgan fingerprint density at radius 3 is 2.43 bits per heavy atom. The average Bonchev–Trinajstić information content (AvgIpc) is 2.30. The molecule has 0 saturated heterocycles. The van der Waals surface area contributed by atoms with Crippen LogP contribution in [-0.2, 0) is 10.0 Å². The van der Waals surface area contributed by atoms with E-state index >= 15 is 0 Å². The predicted molar refractivity (Wildman–Crippen MR) is 85.1 cm³/mol. The zero-order chi connectivity index (χ0) is 16.4. The number of aromatic carboxylic acids is 1. The molecule has 0 fully saturated rings. The Bertz CT molecular complexity index is 653. The van der Waals surface area contributed by atoms with Crippen LogP contribution < -0.4 is 4.72 Å². The van der Waals surface area contributed by atoms with Gasteiger partial charge in [-0.1, -0.05) is 29.3 Å². The summed E-state index contributed by atoms with van der Waals surface area (Å²) in [5.41, 5.74) is -0.174. The number of hydrogen-bond acceptors (Lipinski definition) is 3. The molecule has 0 spiro atoms. The van der Waals surface area contributed by atoms with Crippen LogP contribution in [0, 0.1) is 6.92 Å². The van der Waals surface area contributed by atoms with Crippen LogP contribution in [0.25, 0.3) is 0 Å². The highest BCUT2D eigenvalue weighted by atomic mass is 79.9. The van der Waals surface area contributed by atoms with E-state index < -0.39 is 21.5 Å². The topological polar surface area (TPSA) is 83.5 Å². The van der Waals surface area contributed by atoms with E-state index in [1.165, 1.54) is 12.1 Å². The molecule has 0 heterocycles. The molecule has 118 valence electrons. The summed E-state index contributed by atoms with van der Waals surface area (Å²) >= 11 is 3.21. The smallest absolute Gasteiger partial charge is 0.335 e. The van der Waals surface area contributed by atoms with E-state index in [1.807, 2.05) is 6.92 Å². The molecule has 2 N–H and O–H groups in total. The lowest BCUT2D eigenvalue weighted by atomic mass is 10.0. The minimum Gasteiger partial charge on any atom is -0.478 e. The van der Waals surface area contributed by atoms with Crippen molar-refractivity contribution in [2.24, 2.45) is 0 Å². The molecule has 1 rings (SSSR count). The lowest BCUT2D eigenvalue weighted by Crippen LogP contribution is -2.43. The maximum absolute atomic E-state index is 12.5. The van der Waals surface area contributed by atoms with Gasteiger partial charge in [0.25, 0.3) is 0 Å². The van der Waals surface area contributed by atoms with Gasteiger partial charge in [0.1, 0.15) is 0 Å². The maximum Gasteiger partial charge on any atom is 0.335 e. The summed E-state index contributed by atoms with van der Waals surface area (Å²) in [6.45, 7) is 7.22. The van der Waals surface area contributed by atoms with Gasteiger partial charge < -0.3 is 5.11 Å². The number of carbonyl (C=O) groups is 1. The van der Waals surface area contributed by atoms with Gasteiger partial charge in [-0.15, -0.1) is 0 Å². The zero-order valence-corrected chi connectivity index (χ0v) is 14.9. The van der Waals surface area contributed by atoms with Crippen LogP contribution in [0.5, 0.6) is 0 Å². The van der Waals surface area contributed by atoms with Gasteiger partial charge in [-0.05, 0) is 44.9 Å². The molecule has 0 aliphatic carbocycles. The van der Waals surface area contributed by atoms with E-state index in [4.69, 9.17) is 5.11 Å². The Labute approximate surface area is 133 Å². The molecular weight excluding hydrogens is 358 g/mol. The number of halogens is 1. The van der Waals surface area contributed by atoms with Gasteiger partial charge in [0.05, 0.1) is 10.5 Å². The third-order valence-corrected chi connectivity index (χ3v) is 5.77. The Morgan fingerprint density at radius 1 is 1.38 bits per heavy atom. The molecule has 5 nitrogen and oxygen atoms in total. The van der Waals surface area contributed by atoms with Crippen molar-refractivity contribution in [1.82, 2.24) is 4.72 Å². The number of sulfonamides is 1. The van der Waals surface area contributed by atoms with Gasteiger partial charge >= 0.3 is 5.97 Å². The summed E-state index contributed by atoms with van der Waals surface area (Å²) in [6, 6.07) is 2.58. The van der Waals surface area contributed by atoms with Crippen molar-refractivity contribution < 1.29 is 18.3 Å². The second-order valence-electron chi connectivity index (χ2n) is 5.63. The second-order valence-corrected chi connectivity index (χ2v) is 8.13. The number of carboxylic acids is 1. The third-order valence-electron chi connectivity index (χ3n) is 3.12. The molecule has 7 heteroatoms. The van der Waals surface area contributed by atoms with Gasteiger partial charge in [0.15, 0.2) is 0 Å². The fourth-order valence-corrected chi connectivity index (χ4v) is 4.48. The first-order valence-electron chi connectivity index (χ1n) is 6.57. The molecule has 0 amide bonds. The Morgan fingerprint density at radius 2 is 1.95 bits per heavy atom. The summed E-state index contributed by atoms with van der Waals surface area (Å²) in [4.78, 5) is 11.1. The molecule has 1 aromatic rings. The highest BCUT2D eigenvalue weighted by molar-refractivity contribution is 9.10. The van der Waals surface area contributed by atoms with Crippen molar-refractivity contribution in [2.45, 2.75) is 51.0 Å². The van der Waals surface area contributed by atoms with Gasteiger partial charge in [-0.25, -0.2) is 17.9 Å². The van der Waals surface area contributed by atoms with Gasteiger partial charge in [-0.2, -0.15) is 0 Å². The first-order valence-corrected chi connectivity index (χ1v) is 8.85. The minimum atomic E-state index is -3.79.